The van der Waals surface area contributed by atoms with E-state index in [0.29, 0.717) is 0 Å². The molecule has 0 aromatic rings. The molecule has 0 fully saturated rings. The van der Waals surface area contributed by atoms with Gasteiger partial charge in [0.05, 0.1) is 0 Å². The summed E-state index contributed by atoms with van der Waals surface area (Å²) in [6.45, 7) is 1.08. The lowest BCUT2D eigenvalue weighted by Crippen LogP contribution is -2.47. The van der Waals surface area contributed by atoms with Gasteiger partial charge in [-0.1, -0.05) is 0 Å². The number of nitrogens with one attached hydrogen (secondary N) is 4. The zero-order valence-electron chi connectivity index (χ0n) is 6.51. The lowest BCUT2D eigenvalue weighted by atomic mass is 10.9. The second kappa shape index (κ2) is 7.12. The molecule has 0 aliphatic heterocycles. The Morgan fingerprint density at radius 2 is 1.42 bits per heavy atom. The standard InChI is InChI=1S/C2H8N6.C2H4O2/c3-1(4)7-8-2(5)6;1-2(3)4/h(H4,3,4,7)(H4,5,6,8);1H3,(H,3,4). The number of guanidine groups is 2. The number of aliphatic carboxylic acids is 1. The van der Waals surface area contributed by atoms with E-state index in [1.807, 2.05) is 0 Å². The Morgan fingerprint density at radius 1 is 1.25 bits per heavy atom. The Balaban J connectivity index is 0. The molecule has 0 rings (SSSR count). The van der Waals surface area contributed by atoms with Crippen molar-refractivity contribution in [3.63, 3.8) is 0 Å². The van der Waals surface area contributed by atoms with Crippen LogP contribution in [0.4, 0.5) is 0 Å². The van der Waals surface area contributed by atoms with Crippen molar-refractivity contribution in [1.29, 1.82) is 10.8 Å². The molecular weight excluding hydrogens is 164 g/mol. The van der Waals surface area contributed by atoms with Gasteiger partial charge in [-0.3, -0.25) is 26.5 Å². The molecule has 8 nitrogen and oxygen atoms in total. The molecule has 70 valence electrons. The van der Waals surface area contributed by atoms with Crippen molar-refractivity contribution in [1.82, 2.24) is 10.9 Å². The molecule has 0 saturated carbocycles. The maximum Gasteiger partial charge on any atom is 0.300 e. The van der Waals surface area contributed by atoms with Crippen LogP contribution in [-0.4, -0.2) is 23.0 Å². The monoisotopic (exact) mass is 176 g/mol. The summed E-state index contributed by atoms with van der Waals surface area (Å²) in [5.74, 6) is -1.39. The van der Waals surface area contributed by atoms with Gasteiger partial charge in [0.2, 0.25) is 11.9 Å². The first-order chi connectivity index (χ1) is 5.36. The van der Waals surface area contributed by atoms with Gasteiger partial charge < -0.3 is 16.6 Å². The highest BCUT2D eigenvalue weighted by molar-refractivity contribution is 5.80. The van der Waals surface area contributed by atoms with E-state index >= 15 is 0 Å². The maximum absolute atomic E-state index is 9.00. The largest absolute Gasteiger partial charge is 0.481 e. The van der Waals surface area contributed by atoms with Crippen LogP contribution in [0.1, 0.15) is 6.92 Å². The zero-order chi connectivity index (χ0) is 10.1. The van der Waals surface area contributed by atoms with Crippen molar-refractivity contribution < 1.29 is 9.90 Å². The molecule has 0 heterocycles. The minimum Gasteiger partial charge on any atom is -0.481 e. The van der Waals surface area contributed by atoms with E-state index in [1.165, 1.54) is 0 Å². The minimum atomic E-state index is -0.833. The highest BCUT2D eigenvalue weighted by Crippen LogP contribution is 1.42. The minimum absolute atomic E-state index is 0.278. The number of carboxylic acids is 1. The fraction of sp³-hybridized carbons (Fsp3) is 0.250. The van der Waals surface area contributed by atoms with Gasteiger partial charge in [0.15, 0.2) is 0 Å². The lowest BCUT2D eigenvalue weighted by Gasteiger charge is -2.02. The fourth-order valence-electron chi connectivity index (χ4n) is 0.135. The number of carboxylic acid groups (broad SMARTS) is 1. The highest BCUT2D eigenvalue weighted by atomic mass is 16.4. The fourth-order valence-corrected chi connectivity index (χ4v) is 0.135. The van der Waals surface area contributed by atoms with Gasteiger partial charge >= 0.3 is 0 Å². The number of hydrazine groups is 1. The predicted molar refractivity (Wildman–Crippen MR) is 43.4 cm³/mol. The number of rotatable bonds is 0. The molecule has 0 atom stereocenters. The smallest absolute Gasteiger partial charge is 0.300 e. The third kappa shape index (κ3) is 43.4. The summed E-state index contributed by atoms with van der Waals surface area (Å²) >= 11 is 0. The summed E-state index contributed by atoms with van der Waals surface area (Å²) in [5.41, 5.74) is 13.8. The van der Waals surface area contributed by atoms with Gasteiger partial charge in [-0.25, -0.2) is 0 Å². The first-order valence-electron chi connectivity index (χ1n) is 2.76. The number of nitrogens with two attached hydrogens (primary N) is 2. The number of hydrogen-bond acceptors (Lipinski definition) is 3. The van der Waals surface area contributed by atoms with Crippen molar-refractivity contribution in [3.05, 3.63) is 0 Å². The van der Waals surface area contributed by atoms with Crippen molar-refractivity contribution in [2.75, 3.05) is 0 Å². The molecule has 0 saturated heterocycles. The van der Waals surface area contributed by atoms with Gasteiger partial charge in [-0.15, -0.1) is 0 Å². The molecule has 0 aromatic carbocycles. The van der Waals surface area contributed by atoms with E-state index in [0.717, 1.165) is 6.92 Å². The van der Waals surface area contributed by atoms with Crippen LogP contribution in [0.25, 0.3) is 0 Å². The van der Waals surface area contributed by atoms with Crippen molar-refractivity contribution in [2.45, 2.75) is 6.92 Å². The van der Waals surface area contributed by atoms with Crippen molar-refractivity contribution in [3.8, 4) is 0 Å². The molecule has 9 N–H and O–H groups in total. The Hall–Kier alpha value is -1.99. The van der Waals surface area contributed by atoms with E-state index < -0.39 is 5.97 Å². The quantitative estimate of drug-likeness (QED) is 0.128. The van der Waals surface area contributed by atoms with Gasteiger partial charge in [0.25, 0.3) is 5.97 Å². The zero-order valence-corrected chi connectivity index (χ0v) is 6.51. The van der Waals surface area contributed by atoms with Crippen LogP contribution in [-0.2, 0) is 4.79 Å². The third-order valence-corrected chi connectivity index (χ3v) is 0.332. The summed E-state index contributed by atoms with van der Waals surface area (Å²) < 4.78 is 0. The summed E-state index contributed by atoms with van der Waals surface area (Å²) in [6.07, 6.45) is 0. The Bertz CT molecular complexity index is 160. The average Bonchev–Trinajstić information content (AvgIpc) is 1.82. The van der Waals surface area contributed by atoms with Crippen LogP contribution < -0.4 is 22.3 Å². The van der Waals surface area contributed by atoms with Crippen LogP contribution in [0, 0.1) is 10.8 Å². The average molecular weight is 176 g/mol. The molecule has 0 spiro atoms. The SMILES string of the molecule is CC(=O)O.N=C(N)NNC(=N)N. The summed E-state index contributed by atoms with van der Waals surface area (Å²) in [4.78, 5) is 9.00. The van der Waals surface area contributed by atoms with E-state index in [-0.39, 0.29) is 11.9 Å². The first kappa shape index (κ1) is 12.7. The van der Waals surface area contributed by atoms with E-state index in [9.17, 15) is 0 Å². The Kier molecular flexibility index (Phi) is 7.52. The third-order valence-electron chi connectivity index (χ3n) is 0.332. The van der Waals surface area contributed by atoms with Crippen LogP contribution in [0.5, 0.6) is 0 Å². The molecule has 12 heavy (non-hydrogen) atoms. The molecule has 8 heteroatoms. The first-order valence-corrected chi connectivity index (χ1v) is 2.76. The van der Waals surface area contributed by atoms with Crippen molar-refractivity contribution >= 4 is 17.9 Å². The number of carbonyl (C=O) groups is 1. The summed E-state index contributed by atoms with van der Waals surface area (Å²) in [7, 11) is 0. The van der Waals surface area contributed by atoms with Gasteiger partial charge in [-0.05, 0) is 0 Å². The predicted octanol–water partition coefficient (Wildman–Crippen LogP) is -2.04. The topological polar surface area (TPSA) is 161 Å². The summed E-state index contributed by atoms with van der Waals surface area (Å²) in [5, 5.41) is 20.5. The molecule has 0 unspecified atom stereocenters. The molecule has 0 aromatic heterocycles. The second-order valence-corrected chi connectivity index (χ2v) is 1.60. The van der Waals surface area contributed by atoms with Crippen LogP contribution >= 0.6 is 0 Å². The maximum atomic E-state index is 9.00. The Morgan fingerprint density at radius 3 is 1.50 bits per heavy atom. The van der Waals surface area contributed by atoms with Crippen LogP contribution in [0.2, 0.25) is 0 Å². The molecule has 0 bridgehead atoms. The van der Waals surface area contributed by atoms with Gasteiger partial charge in [0.1, 0.15) is 0 Å². The molecular formula is C4H12N6O2. The number of hydrogen-bond donors (Lipinski definition) is 7. The molecule has 0 aliphatic rings. The van der Waals surface area contributed by atoms with Crippen LogP contribution in [0.15, 0.2) is 0 Å². The van der Waals surface area contributed by atoms with E-state index in [1.54, 1.807) is 0 Å². The molecule has 0 aliphatic carbocycles. The van der Waals surface area contributed by atoms with E-state index in [2.05, 4.69) is 10.9 Å². The molecule has 0 radical (unpaired) electrons. The van der Waals surface area contributed by atoms with Gasteiger partial charge in [-0.2, -0.15) is 0 Å². The van der Waals surface area contributed by atoms with Crippen molar-refractivity contribution in [2.24, 2.45) is 11.5 Å². The lowest BCUT2D eigenvalue weighted by molar-refractivity contribution is -0.134. The van der Waals surface area contributed by atoms with Crippen LogP contribution in [0.3, 0.4) is 0 Å². The Labute approximate surface area is 68.9 Å². The second-order valence-electron chi connectivity index (χ2n) is 1.60. The van der Waals surface area contributed by atoms with E-state index in [4.69, 9.17) is 32.2 Å². The van der Waals surface area contributed by atoms with Gasteiger partial charge in [0, 0.05) is 6.92 Å². The normalized spacial score (nSPS) is 7.08. The highest BCUT2D eigenvalue weighted by Gasteiger charge is 1.82. The summed E-state index contributed by atoms with van der Waals surface area (Å²) in [6, 6.07) is 0. The molecule has 0 amide bonds.